The Bertz CT molecular complexity index is 370. The second-order valence-corrected chi connectivity index (χ2v) is 6.76. The van der Waals surface area contributed by atoms with Gasteiger partial charge in [0.15, 0.2) is 0 Å². The van der Waals surface area contributed by atoms with Gasteiger partial charge in [-0.3, -0.25) is 0 Å². The number of aliphatic carboxylic acids is 1. The van der Waals surface area contributed by atoms with Gasteiger partial charge in [0.05, 0.1) is 0 Å². The zero-order chi connectivity index (χ0) is 15.3. The normalized spacial score (nSPS) is 22.5. The molecule has 0 atom stereocenters. The molecule has 2 fully saturated rings. The summed E-state index contributed by atoms with van der Waals surface area (Å²) >= 11 is 0. The van der Waals surface area contributed by atoms with Crippen molar-refractivity contribution in [1.82, 2.24) is 10.2 Å². The first kappa shape index (κ1) is 16.1. The SMILES string of the molecule is CN(CC1CCCC1)C(=O)NC1(C(=O)O)CCCCCC1. The zero-order valence-electron chi connectivity index (χ0n) is 13.1. The van der Waals surface area contributed by atoms with Gasteiger partial charge in [0.25, 0.3) is 0 Å². The number of carbonyl (C=O) groups excluding carboxylic acids is 1. The number of amides is 2. The Balaban J connectivity index is 1.95. The van der Waals surface area contributed by atoms with Gasteiger partial charge in [0, 0.05) is 13.6 Å². The van der Waals surface area contributed by atoms with E-state index in [1.54, 1.807) is 11.9 Å². The van der Waals surface area contributed by atoms with E-state index in [0.29, 0.717) is 18.8 Å². The molecule has 2 saturated carbocycles. The fraction of sp³-hybridized carbons (Fsp3) is 0.875. The van der Waals surface area contributed by atoms with Gasteiger partial charge in [-0.1, -0.05) is 38.5 Å². The molecule has 2 aliphatic rings. The third kappa shape index (κ3) is 4.11. The largest absolute Gasteiger partial charge is 0.480 e. The lowest BCUT2D eigenvalue weighted by Gasteiger charge is -2.32. The van der Waals surface area contributed by atoms with Gasteiger partial charge in [-0.15, -0.1) is 0 Å². The molecule has 2 rings (SSSR count). The van der Waals surface area contributed by atoms with Crippen molar-refractivity contribution >= 4 is 12.0 Å². The third-order valence-corrected chi connectivity index (χ3v) is 5.07. The zero-order valence-corrected chi connectivity index (χ0v) is 13.1. The summed E-state index contributed by atoms with van der Waals surface area (Å²) in [6, 6.07) is -0.230. The van der Waals surface area contributed by atoms with Crippen LogP contribution in [0, 0.1) is 5.92 Å². The number of nitrogens with one attached hydrogen (secondary N) is 1. The minimum Gasteiger partial charge on any atom is -0.480 e. The maximum atomic E-state index is 12.4. The number of carboxylic acid groups (broad SMARTS) is 1. The van der Waals surface area contributed by atoms with Crippen molar-refractivity contribution in [2.45, 2.75) is 69.7 Å². The summed E-state index contributed by atoms with van der Waals surface area (Å²) in [7, 11) is 1.78. The smallest absolute Gasteiger partial charge is 0.329 e. The number of carbonyl (C=O) groups is 2. The van der Waals surface area contributed by atoms with Crippen LogP contribution in [0.25, 0.3) is 0 Å². The molecule has 0 spiro atoms. The van der Waals surface area contributed by atoms with E-state index in [1.165, 1.54) is 25.7 Å². The van der Waals surface area contributed by atoms with Crippen LogP contribution in [-0.4, -0.2) is 41.1 Å². The molecule has 0 aliphatic heterocycles. The van der Waals surface area contributed by atoms with Gasteiger partial charge in [0.2, 0.25) is 0 Å². The van der Waals surface area contributed by atoms with Crippen molar-refractivity contribution in [3.8, 4) is 0 Å². The summed E-state index contributed by atoms with van der Waals surface area (Å²) in [5, 5.41) is 12.4. The molecule has 0 aromatic carbocycles. The predicted octanol–water partition coefficient (Wildman–Crippen LogP) is 3.00. The quantitative estimate of drug-likeness (QED) is 0.784. The molecule has 0 heterocycles. The highest BCUT2D eigenvalue weighted by atomic mass is 16.4. The lowest BCUT2D eigenvalue weighted by molar-refractivity contribution is -0.145. The monoisotopic (exact) mass is 296 g/mol. The topological polar surface area (TPSA) is 69.6 Å². The number of hydrogen-bond donors (Lipinski definition) is 2. The highest BCUT2D eigenvalue weighted by molar-refractivity contribution is 5.86. The number of carboxylic acids is 1. The summed E-state index contributed by atoms with van der Waals surface area (Å²) in [4.78, 5) is 25.7. The number of nitrogens with zero attached hydrogens (tertiary/aromatic N) is 1. The number of urea groups is 1. The van der Waals surface area contributed by atoms with E-state index < -0.39 is 11.5 Å². The Morgan fingerprint density at radius 3 is 2.19 bits per heavy atom. The van der Waals surface area contributed by atoms with E-state index in [4.69, 9.17) is 0 Å². The average molecular weight is 296 g/mol. The third-order valence-electron chi connectivity index (χ3n) is 5.07. The van der Waals surface area contributed by atoms with Crippen LogP contribution in [0.4, 0.5) is 4.79 Å². The fourth-order valence-electron chi connectivity index (χ4n) is 3.69. The molecular formula is C16H28N2O3. The van der Waals surface area contributed by atoms with Crippen LogP contribution in [-0.2, 0) is 4.79 Å². The first-order chi connectivity index (χ1) is 10.0. The lowest BCUT2D eigenvalue weighted by atomic mass is 9.90. The number of hydrogen-bond acceptors (Lipinski definition) is 2. The molecule has 5 heteroatoms. The van der Waals surface area contributed by atoms with Crippen LogP contribution in [0.3, 0.4) is 0 Å². The summed E-state index contributed by atoms with van der Waals surface area (Å²) in [6.07, 6.45) is 9.82. The molecule has 2 aliphatic carbocycles. The lowest BCUT2D eigenvalue weighted by Crippen LogP contribution is -2.57. The second-order valence-electron chi connectivity index (χ2n) is 6.76. The Morgan fingerprint density at radius 1 is 1.10 bits per heavy atom. The predicted molar refractivity (Wildman–Crippen MR) is 81.2 cm³/mol. The van der Waals surface area contributed by atoms with Gasteiger partial charge < -0.3 is 15.3 Å². The first-order valence-electron chi connectivity index (χ1n) is 8.30. The van der Waals surface area contributed by atoms with Gasteiger partial charge in [-0.25, -0.2) is 9.59 Å². The molecule has 0 unspecified atom stereocenters. The molecule has 0 aromatic heterocycles. The maximum absolute atomic E-state index is 12.4. The van der Waals surface area contributed by atoms with Gasteiger partial charge in [0.1, 0.15) is 5.54 Å². The summed E-state index contributed by atoms with van der Waals surface area (Å²) in [5.41, 5.74) is -1.06. The average Bonchev–Trinajstić information content (AvgIpc) is 2.83. The van der Waals surface area contributed by atoms with Crippen molar-refractivity contribution in [1.29, 1.82) is 0 Å². The van der Waals surface area contributed by atoms with Crippen LogP contribution in [0.1, 0.15) is 64.2 Å². The van der Waals surface area contributed by atoms with Gasteiger partial charge in [-0.05, 0) is 31.6 Å². The van der Waals surface area contributed by atoms with Crippen LogP contribution in [0.2, 0.25) is 0 Å². The molecule has 5 nitrogen and oxygen atoms in total. The maximum Gasteiger partial charge on any atom is 0.329 e. The van der Waals surface area contributed by atoms with Crippen molar-refractivity contribution in [2.24, 2.45) is 5.92 Å². The molecule has 0 radical (unpaired) electrons. The molecule has 0 bridgehead atoms. The van der Waals surface area contributed by atoms with E-state index in [1.807, 2.05) is 0 Å². The molecule has 2 amide bonds. The van der Waals surface area contributed by atoms with E-state index in [0.717, 1.165) is 32.2 Å². The molecule has 2 N–H and O–H groups in total. The molecule has 0 saturated heterocycles. The number of rotatable bonds is 4. The molecule has 0 aromatic rings. The Labute approximate surface area is 127 Å². The minimum absolute atomic E-state index is 0.230. The van der Waals surface area contributed by atoms with Crippen LogP contribution in [0.5, 0.6) is 0 Å². The summed E-state index contributed by atoms with van der Waals surface area (Å²) in [5.74, 6) is -0.303. The fourth-order valence-corrected chi connectivity index (χ4v) is 3.69. The molecular weight excluding hydrogens is 268 g/mol. The Kier molecular flexibility index (Phi) is 5.48. The van der Waals surface area contributed by atoms with Crippen molar-refractivity contribution < 1.29 is 14.7 Å². The van der Waals surface area contributed by atoms with Gasteiger partial charge >= 0.3 is 12.0 Å². The van der Waals surface area contributed by atoms with Crippen LogP contribution >= 0.6 is 0 Å². The van der Waals surface area contributed by atoms with Gasteiger partial charge in [-0.2, -0.15) is 0 Å². The molecule has 21 heavy (non-hydrogen) atoms. The highest BCUT2D eigenvalue weighted by Gasteiger charge is 2.40. The van der Waals surface area contributed by atoms with Crippen LogP contribution in [0.15, 0.2) is 0 Å². The van der Waals surface area contributed by atoms with Crippen LogP contribution < -0.4 is 5.32 Å². The Morgan fingerprint density at radius 2 is 1.67 bits per heavy atom. The molecule has 120 valence electrons. The van der Waals surface area contributed by atoms with E-state index in [9.17, 15) is 14.7 Å². The summed E-state index contributed by atoms with van der Waals surface area (Å²) < 4.78 is 0. The van der Waals surface area contributed by atoms with E-state index in [2.05, 4.69) is 5.32 Å². The Hall–Kier alpha value is -1.26. The van der Waals surface area contributed by atoms with Crippen molar-refractivity contribution in [3.05, 3.63) is 0 Å². The summed E-state index contributed by atoms with van der Waals surface area (Å²) in [6.45, 7) is 0.738. The highest BCUT2D eigenvalue weighted by Crippen LogP contribution is 2.28. The van der Waals surface area contributed by atoms with Crippen molar-refractivity contribution in [2.75, 3.05) is 13.6 Å². The first-order valence-corrected chi connectivity index (χ1v) is 8.30. The van der Waals surface area contributed by atoms with E-state index >= 15 is 0 Å². The minimum atomic E-state index is -1.06. The second kappa shape index (κ2) is 7.14. The van der Waals surface area contributed by atoms with E-state index in [-0.39, 0.29) is 6.03 Å². The standard InChI is InChI=1S/C16H28N2O3/c1-18(12-13-8-4-5-9-13)15(21)17-16(14(19)20)10-6-2-3-7-11-16/h13H,2-12H2,1H3,(H,17,21)(H,19,20). The van der Waals surface area contributed by atoms with Crippen molar-refractivity contribution in [3.63, 3.8) is 0 Å².